The maximum atomic E-state index is 12.7. The van der Waals surface area contributed by atoms with E-state index in [1.807, 2.05) is 48.7 Å². The first-order valence-electron chi connectivity index (χ1n) is 13.3. The zero-order valence-corrected chi connectivity index (χ0v) is 25.3. The van der Waals surface area contributed by atoms with E-state index in [4.69, 9.17) is 26.2 Å². The Bertz CT molecular complexity index is 1800. The van der Waals surface area contributed by atoms with Gasteiger partial charge in [0.25, 0.3) is 5.91 Å². The van der Waals surface area contributed by atoms with Crippen molar-refractivity contribution in [2.75, 3.05) is 12.4 Å². The van der Waals surface area contributed by atoms with Gasteiger partial charge in [0.05, 0.1) is 29.6 Å². The van der Waals surface area contributed by atoms with Gasteiger partial charge in [-0.05, 0) is 66.6 Å². The van der Waals surface area contributed by atoms with Crippen LogP contribution >= 0.6 is 22.9 Å². The average molecular weight is 627 g/mol. The summed E-state index contributed by atoms with van der Waals surface area (Å²) in [7, 11) is 1.49. The molecule has 0 bridgehead atoms. The Hall–Kier alpha value is -5.19. The molecule has 11 heteroatoms. The molecule has 5 aromatic rings. The number of amides is 1. The summed E-state index contributed by atoms with van der Waals surface area (Å²) in [5.74, 6) is -0.667. The number of thiazole rings is 1. The number of aromatic nitrogens is 1. The molecular formula is C33H27ClN4O5S. The highest BCUT2D eigenvalue weighted by Crippen LogP contribution is 2.36. The Kier molecular flexibility index (Phi) is 9.53. The lowest BCUT2D eigenvalue weighted by Gasteiger charge is -2.13. The second-order valence-electron chi connectivity index (χ2n) is 9.63. The zero-order chi connectivity index (χ0) is 31.1. The Balaban J connectivity index is 1.17. The summed E-state index contributed by atoms with van der Waals surface area (Å²) in [4.78, 5) is 28.4. The number of aryl methyl sites for hydroxylation is 1. The van der Waals surface area contributed by atoms with Crippen molar-refractivity contribution < 1.29 is 24.2 Å². The second kappa shape index (κ2) is 13.9. The van der Waals surface area contributed by atoms with Crippen LogP contribution in [0.1, 0.15) is 37.4 Å². The molecular weight excluding hydrogens is 600 g/mol. The third kappa shape index (κ3) is 7.60. The lowest BCUT2D eigenvalue weighted by molar-refractivity contribution is 0.0696. The van der Waals surface area contributed by atoms with Crippen molar-refractivity contribution in [3.05, 3.63) is 123 Å². The topological polar surface area (TPSA) is 122 Å². The van der Waals surface area contributed by atoms with E-state index in [2.05, 4.69) is 20.8 Å². The smallest absolute Gasteiger partial charge is 0.335 e. The predicted molar refractivity (Wildman–Crippen MR) is 173 cm³/mol. The second-order valence-corrected chi connectivity index (χ2v) is 10.9. The first-order valence-corrected chi connectivity index (χ1v) is 14.6. The molecule has 1 aromatic heterocycles. The van der Waals surface area contributed by atoms with E-state index in [1.54, 1.807) is 36.4 Å². The van der Waals surface area contributed by atoms with Crippen molar-refractivity contribution >= 4 is 51.8 Å². The molecule has 0 aliphatic carbocycles. The van der Waals surface area contributed by atoms with E-state index in [0.29, 0.717) is 22.6 Å². The quantitative estimate of drug-likeness (QED) is 0.102. The van der Waals surface area contributed by atoms with E-state index in [0.717, 1.165) is 27.6 Å². The van der Waals surface area contributed by atoms with Gasteiger partial charge in [-0.2, -0.15) is 5.10 Å². The van der Waals surface area contributed by atoms with Crippen molar-refractivity contribution in [2.45, 2.75) is 13.5 Å². The van der Waals surface area contributed by atoms with Crippen LogP contribution in [0.3, 0.4) is 0 Å². The van der Waals surface area contributed by atoms with Gasteiger partial charge in [0.2, 0.25) is 0 Å². The molecule has 1 amide bonds. The lowest BCUT2D eigenvalue weighted by Crippen LogP contribution is -2.17. The van der Waals surface area contributed by atoms with Gasteiger partial charge in [0.1, 0.15) is 6.61 Å². The number of hydrogen-bond donors (Lipinski definition) is 3. The molecule has 9 nitrogen and oxygen atoms in total. The summed E-state index contributed by atoms with van der Waals surface area (Å²) < 4.78 is 11.3. The molecule has 222 valence electrons. The van der Waals surface area contributed by atoms with Crippen LogP contribution < -0.4 is 20.2 Å². The van der Waals surface area contributed by atoms with Gasteiger partial charge in [-0.15, -0.1) is 11.3 Å². The maximum absolute atomic E-state index is 12.7. The summed E-state index contributed by atoms with van der Waals surface area (Å²) >= 11 is 7.96. The van der Waals surface area contributed by atoms with Crippen LogP contribution in [0.5, 0.6) is 11.5 Å². The number of anilines is 2. The van der Waals surface area contributed by atoms with Gasteiger partial charge in [-0.25, -0.2) is 15.2 Å². The minimum Gasteiger partial charge on any atom is -0.493 e. The van der Waals surface area contributed by atoms with Gasteiger partial charge < -0.3 is 19.9 Å². The number of benzene rings is 4. The monoisotopic (exact) mass is 626 g/mol. The molecule has 5 rings (SSSR count). The number of rotatable bonds is 11. The summed E-state index contributed by atoms with van der Waals surface area (Å²) in [6.07, 6.45) is 1.45. The minimum atomic E-state index is -0.999. The van der Waals surface area contributed by atoms with E-state index in [1.165, 1.54) is 42.4 Å². The Morgan fingerprint density at radius 3 is 2.39 bits per heavy atom. The van der Waals surface area contributed by atoms with Crippen molar-refractivity contribution in [1.82, 2.24) is 10.4 Å². The molecule has 0 saturated heterocycles. The van der Waals surface area contributed by atoms with Crippen molar-refractivity contribution in [1.29, 1.82) is 0 Å². The normalized spacial score (nSPS) is 10.9. The molecule has 4 aromatic carbocycles. The highest BCUT2D eigenvalue weighted by molar-refractivity contribution is 7.14. The highest BCUT2D eigenvalue weighted by atomic mass is 35.5. The fraction of sp³-hybridized carbons (Fsp3) is 0.0909. The van der Waals surface area contributed by atoms with Crippen LogP contribution in [0.2, 0.25) is 5.02 Å². The van der Waals surface area contributed by atoms with Gasteiger partial charge in [0, 0.05) is 22.2 Å². The molecule has 0 aliphatic rings. The number of carbonyl (C=O) groups excluding carboxylic acids is 1. The number of halogens is 1. The fourth-order valence-corrected chi connectivity index (χ4v) is 5.11. The first-order chi connectivity index (χ1) is 21.3. The summed E-state index contributed by atoms with van der Waals surface area (Å²) in [5.41, 5.74) is 8.36. The molecule has 1 heterocycles. The summed E-state index contributed by atoms with van der Waals surface area (Å²) in [5, 5.41) is 19.5. The van der Waals surface area contributed by atoms with Crippen LogP contribution in [0.4, 0.5) is 10.8 Å². The van der Waals surface area contributed by atoms with Crippen LogP contribution in [-0.2, 0) is 6.61 Å². The lowest BCUT2D eigenvalue weighted by atomic mass is 10.1. The Morgan fingerprint density at radius 1 is 1.00 bits per heavy atom. The standard InChI is InChI=1S/C33H27ClN4O5S/c1-20-3-13-26(14-4-20)36-33-37-28(19-44-33)23-9-11-24(12-10-23)31(39)38-35-17-22-15-27(34)30(29(16-22)42-2)43-18-21-5-7-25(8-6-21)32(40)41/h3-17,19H,18H2,1-2H3,(H,36,37)(H,38,39)(H,40,41)/b35-17-. The zero-order valence-electron chi connectivity index (χ0n) is 23.7. The number of carbonyl (C=O) groups is 2. The Labute approximate surface area is 262 Å². The third-order valence-corrected chi connectivity index (χ3v) is 7.50. The van der Waals surface area contributed by atoms with E-state index in [9.17, 15) is 9.59 Å². The van der Waals surface area contributed by atoms with Gasteiger partial charge >= 0.3 is 5.97 Å². The summed E-state index contributed by atoms with van der Waals surface area (Å²) in [6.45, 7) is 2.20. The fourth-order valence-electron chi connectivity index (χ4n) is 4.10. The molecule has 0 aliphatic heterocycles. The molecule has 44 heavy (non-hydrogen) atoms. The molecule has 0 unspecified atom stereocenters. The van der Waals surface area contributed by atoms with E-state index >= 15 is 0 Å². The van der Waals surface area contributed by atoms with Crippen LogP contribution in [0.15, 0.2) is 95.4 Å². The largest absolute Gasteiger partial charge is 0.493 e. The predicted octanol–water partition coefficient (Wildman–Crippen LogP) is 7.57. The average Bonchev–Trinajstić information content (AvgIpc) is 3.50. The number of nitrogens with zero attached hydrogens (tertiary/aromatic N) is 2. The number of carboxylic acids is 1. The number of methoxy groups -OCH3 is 1. The van der Waals surface area contributed by atoms with Gasteiger partial charge in [0.15, 0.2) is 16.6 Å². The van der Waals surface area contributed by atoms with E-state index in [-0.39, 0.29) is 23.1 Å². The maximum Gasteiger partial charge on any atom is 0.335 e. The summed E-state index contributed by atoms with van der Waals surface area (Å²) in [6, 6.07) is 24.9. The van der Waals surface area contributed by atoms with Crippen LogP contribution in [-0.4, -0.2) is 35.3 Å². The van der Waals surface area contributed by atoms with Gasteiger partial charge in [-0.3, -0.25) is 4.79 Å². The number of ether oxygens (including phenoxy) is 2. The number of nitrogens with one attached hydrogen (secondary N) is 2. The molecule has 0 spiro atoms. The minimum absolute atomic E-state index is 0.159. The molecule has 3 N–H and O–H groups in total. The molecule has 0 radical (unpaired) electrons. The number of hydrazone groups is 1. The highest BCUT2D eigenvalue weighted by Gasteiger charge is 2.13. The Morgan fingerprint density at radius 2 is 1.70 bits per heavy atom. The number of hydrogen-bond acceptors (Lipinski definition) is 8. The van der Waals surface area contributed by atoms with Crippen molar-refractivity contribution in [3.63, 3.8) is 0 Å². The van der Waals surface area contributed by atoms with Crippen LogP contribution in [0, 0.1) is 6.92 Å². The van der Waals surface area contributed by atoms with Crippen LogP contribution in [0.25, 0.3) is 11.3 Å². The molecule has 0 saturated carbocycles. The van der Waals surface area contributed by atoms with Crippen molar-refractivity contribution in [2.24, 2.45) is 5.10 Å². The van der Waals surface area contributed by atoms with Crippen molar-refractivity contribution in [3.8, 4) is 22.8 Å². The first kappa shape index (κ1) is 30.3. The SMILES string of the molecule is COc1cc(/C=N\NC(=O)c2ccc(-c3csc(Nc4ccc(C)cc4)n3)cc2)cc(Cl)c1OCc1ccc(C(=O)O)cc1. The number of carboxylic acid groups (broad SMARTS) is 1. The molecule has 0 fully saturated rings. The molecule has 0 atom stereocenters. The number of aromatic carboxylic acids is 1. The van der Waals surface area contributed by atoms with E-state index < -0.39 is 5.97 Å². The third-order valence-electron chi connectivity index (χ3n) is 6.47. The van der Waals surface area contributed by atoms with Gasteiger partial charge in [-0.1, -0.05) is 53.6 Å².